The molecule has 0 aliphatic heterocycles. The Hall–Kier alpha value is -4.40. The topological polar surface area (TPSA) is 112 Å². The van der Waals surface area contributed by atoms with Gasteiger partial charge in [-0.15, -0.1) is 0 Å². The maximum absolute atomic E-state index is 12.4. The SMILES string of the molecule is COc1cc(-c2ccc3ncc(NC(=O)Nc4ccc(N(C)C)cc4)nc3n2)ccc1O. The number of aromatic hydroxyl groups is 1. The third-order valence-electron chi connectivity index (χ3n) is 4.77. The zero-order valence-corrected chi connectivity index (χ0v) is 17.8. The van der Waals surface area contributed by atoms with Crippen molar-refractivity contribution in [3.05, 3.63) is 60.8 Å². The Morgan fingerprint density at radius 3 is 2.50 bits per heavy atom. The van der Waals surface area contributed by atoms with Gasteiger partial charge in [-0.2, -0.15) is 0 Å². The minimum atomic E-state index is -0.435. The lowest BCUT2D eigenvalue weighted by Gasteiger charge is -2.13. The Morgan fingerprint density at radius 2 is 1.78 bits per heavy atom. The van der Waals surface area contributed by atoms with Crippen LogP contribution < -0.4 is 20.3 Å². The van der Waals surface area contributed by atoms with Crippen molar-refractivity contribution >= 4 is 34.4 Å². The third-order valence-corrected chi connectivity index (χ3v) is 4.77. The van der Waals surface area contributed by atoms with Gasteiger partial charge in [0.05, 0.1) is 19.0 Å². The van der Waals surface area contributed by atoms with Gasteiger partial charge in [0.25, 0.3) is 0 Å². The van der Waals surface area contributed by atoms with Crippen LogP contribution in [0.2, 0.25) is 0 Å². The summed E-state index contributed by atoms with van der Waals surface area (Å²) in [5, 5.41) is 15.2. The van der Waals surface area contributed by atoms with E-state index in [1.807, 2.05) is 43.3 Å². The summed E-state index contributed by atoms with van der Waals surface area (Å²) in [7, 11) is 5.38. The fourth-order valence-corrected chi connectivity index (χ4v) is 3.08. The van der Waals surface area contributed by atoms with Crippen LogP contribution in [0.15, 0.2) is 60.8 Å². The molecule has 0 saturated heterocycles. The molecule has 0 radical (unpaired) electrons. The standard InChI is InChI=1S/C23H22N6O3/c1-29(2)16-7-5-15(6-8-16)25-23(31)28-21-13-24-18-10-9-17(26-22(18)27-21)14-4-11-19(30)20(12-14)32-3/h4-13,30H,1-3H3,(H2,25,26,27,28,31). The van der Waals surface area contributed by atoms with Crippen molar-refractivity contribution in [3.8, 4) is 22.8 Å². The molecule has 0 unspecified atom stereocenters. The molecule has 32 heavy (non-hydrogen) atoms. The van der Waals surface area contributed by atoms with Gasteiger partial charge in [-0.05, 0) is 54.6 Å². The molecule has 162 valence electrons. The minimum absolute atomic E-state index is 0.0469. The smallest absolute Gasteiger partial charge is 0.324 e. The Kier molecular flexibility index (Phi) is 5.71. The van der Waals surface area contributed by atoms with E-state index in [0.717, 1.165) is 11.3 Å². The average molecular weight is 430 g/mol. The maximum atomic E-state index is 12.4. The van der Waals surface area contributed by atoms with E-state index in [2.05, 4.69) is 25.6 Å². The van der Waals surface area contributed by atoms with E-state index in [-0.39, 0.29) is 11.6 Å². The molecule has 0 bridgehead atoms. The summed E-state index contributed by atoms with van der Waals surface area (Å²) in [5.74, 6) is 0.666. The van der Waals surface area contributed by atoms with Crippen molar-refractivity contribution in [1.82, 2.24) is 15.0 Å². The number of anilines is 3. The number of aromatic nitrogens is 3. The second kappa shape index (κ2) is 8.76. The summed E-state index contributed by atoms with van der Waals surface area (Å²) >= 11 is 0. The minimum Gasteiger partial charge on any atom is -0.504 e. The third kappa shape index (κ3) is 4.51. The van der Waals surface area contributed by atoms with Crippen molar-refractivity contribution < 1.29 is 14.6 Å². The number of carbonyl (C=O) groups is 1. The number of amides is 2. The maximum Gasteiger partial charge on any atom is 0.324 e. The van der Waals surface area contributed by atoms with Crippen LogP contribution >= 0.6 is 0 Å². The molecule has 0 aliphatic carbocycles. The molecule has 2 aromatic heterocycles. The summed E-state index contributed by atoms with van der Waals surface area (Å²) in [6.45, 7) is 0. The first-order chi connectivity index (χ1) is 15.4. The quantitative estimate of drug-likeness (QED) is 0.437. The summed E-state index contributed by atoms with van der Waals surface area (Å²) in [4.78, 5) is 27.6. The van der Waals surface area contributed by atoms with Crippen molar-refractivity contribution in [3.63, 3.8) is 0 Å². The Morgan fingerprint density at radius 1 is 1.00 bits per heavy atom. The molecule has 0 spiro atoms. The lowest BCUT2D eigenvalue weighted by atomic mass is 10.1. The van der Waals surface area contributed by atoms with E-state index < -0.39 is 6.03 Å². The summed E-state index contributed by atoms with van der Waals surface area (Å²) in [5.41, 5.74) is 4.04. The lowest BCUT2D eigenvalue weighted by Crippen LogP contribution is -2.20. The number of nitrogens with zero attached hydrogens (tertiary/aromatic N) is 4. The number of rotatable bonds is 5. The summed E-state index contributed by atoms with van der Waals surface area (Å²) in [6, 6.07) is 15.6. The number of pyridine rings is 1. The van der Waals surface area contributed by atoms with E-state index >= 15 is 0 Å². The largest absolute Gasteiger partial charge is 0.504 e. The number of nitrogens with one attached hydrogen (secondary N) is 2. The molecule has 3 N–H and O–H groups in total. The zero-order chi connectivity index (χ0) is 22.7. The summed E-state index contributed by atoms with van der Waals surface area (Å²) in [6.07, 6.45) is 1.47. The first-order valence-corrected chi connectivity index (χ1v) is 9.79. The van der Waals surface area contributed by atoms with E-state index in [1.54, 1.807) is 30.3 Å². The number of phenols is 1. The lowest BCUT2D eigenvalue weighted by molar-refractivity contribution is 0.262. The highest BCUT2D eigenvalue weighted by Gasteiger charge is 2.10. The number of fused-ring (bicyclic) bond motifs is 1. The van der Waals surface area contributed by atoms with Gasteiger partial charge in [-0.25, -0.2) is 19.7 Å². The Balaban J connectivity index is 1.53. The normalized spacial score (nSPS) is 10.6. The highest BCUT2D eigenvalue weighted by molar-refractivity contribution is 5.99. The number of urea groups is 1. The van der Waals surface area contributed by atoms with Crippen LogP contribution in [0, 0.1) is 0 Å². The van der Waals surface area contributed by atoms with Crippen LogP contribution in [0.3, 0.4) is 0 Å². The highest BCUT2D eigenvalue weighted by Crippen LogP contribution is 2.31. The number of hydrogen-bond acceptors (Lipinski definition) is 7. The number of benzene rings is 2. The molecule has 4 rings (SSSR count). The van der Waals surface area contributed by atoms with E-state index in [4.69, 9.17) is 4.74 Å². The van der Waals surface area contributed by atoms with Gasteiger partial charge in [0.2, 0.25) is 0 Å². The van der Waals surface area contributed by atoms with Crippen LogP contribution in [-0.2, 0) is 0 Å². The second-order valence-corrected chi connectivity index (χ2v) is 7.20. The molecular weight excluding hydrogens is 408 g/mol. The molecule has 0 atom stereocenters. The van der Waals surface area contributed by atoms with Crippen molar-refractivity contribution in [1.29, 1.82) is 0 Å². The van der Waals surface area contributed by atoms with Gasteiger partial charge >= 0.3 is 6.03 Å². The van der Waals surface area contributed by atoms with Crippen molar-refractivity contribution in [2.24, 2.45) is 0 Å². The van der Waals surface area contributed by atoms with Crippen LogP contribution in [0.1, 0.15) is 0 Å². The molecular formula is C23H22N6O3. The second-order valence-electron chi connectivity index (χ2n) is 7.20. The molecule has 9 nitrogen and oxygen atoms in total. The fraction of sp³-hybridized carbons (Fsp3) is 0.130. The molecule has 2 amide bonds. The molecule has 0 saturated carbocycles. The van der Waals surface area contributed by atoms with E-state index in [1.165, 1.54) is 13.3 Å². The first kappa shape index (κ1) is 20.9. The zero-order valence-electron chi connectivity index (χ0n) is 17.8. The molecule has 2 heterocycles. The number of methoxy groups -OCH3 is 1. The van der Waals surface area contributed by atoms with Crippen molar-refractivity contribution in [2.45, 2.75) is 0 Å². The fourth-order valence-electron chi connectivity index (χ4n) is 3.08. The van der Waals surface area contributed by atoms with Crippen LogP contribution in [0.4, 0.5) is 22.0 Å². The Labute approximate surface area is 184 Å². The monoisotopic (exact) mass is 430 g/mol. The van der Waals surface area contributed by atoms with Gasteiger partial charge in [0.15, 0.2) is 23.0 Å². The molecule has 4 aromatic rings. The number of phenolic OH excluding ortho intramolecular Hbond substituents is 1. The molecule has 0 fully saturated rings. The molecule has 0 aliphatic rings. The molecule has 2 aromatic carbocycles. The van der Waals surface area contributed by atoms with Gasteiger partial charge in [0, 0.05) is 31.0 Å². The average Bonchev–Trinajstić information content (AvgIpc) is 2.79. The van der Waals surface area contributed by atoms with Gasteiger partial charge in [0.1, 0.15) is 5.52 Å². The predicted octanol–water partition coefficient (Wildman–Crippen LogP) is 4.12. The van der Waals surface area contributed by atoms with Crippen LogP contribution in [0.5, 0.6) is 11.5 Å². The van der Waals surface area contributed by atoms with E-state index in [0.29, 0.717) is 28.3 Å². The van der Waals surface area contributed by atoms with Crippen molar-refractivity contribution in [2.75, 3.05) is 36.7 Å². The highest BCUT2D eigenvalue weighted by atomic mass is 16.5. The van der Waals surface area contributed by atoms with Crippen LogP contribution in [-0.4, -0.2) is 47.3 Å². The number of ether oxygens (including phenoxy) is 1. The number of carbonyl (C=O) groups excluding carboxylic acids is 1. The number of hydrogen-bond donors (Lipinski definition) is 3. The predicted molar refractivity (Wildman–Crippen MR) is 124 cm³/mol. The first-order valence-electron chi connectivity index (χ1n) is 9.79. The van der Waals surface area contributed by atoms with E-state index in [9.17, 15) is 9.90 Å². The molecule has 9 heteroatoms. The van der Waals surface area contributed by atoms with Gasteiger partial charge in [-0.3, -0.25) is 5.32 Å². The Bertz CT molecular complexity index is 1270. The van der Waals surface area contributed by atoms with Gasteiger partial charge < -0.3 is 20.1 Å². The summed E-state index contributed by atoms with van der Waals surface area (Å²) < 4.78 is 5.16. The van der Waals surface area contributed by atoms with Gasteiger partial charge in [-0.1, -0.05) is 0 Å². The van der Waals surface area contributed by atoms with Crippen LogP contribution in [0.25, 0.3) is 22.4 Å².